The molecule has 0 saturated heterocycles. The third-order valence-corrected chi connectivity index (χ3v) is 2.84. The molecular weight excluding hydrogens is 261 g/mol. The molecule has 1 aromatic carbocycles. The van der Waals surface area contributed by atoms with E-state index in [2.05, 4.69) is 4.98 Å². The van der Waals surface area contributed by atoms with Gasteiger partial charge in [0.25, 0.3) is 0 Å². The van der Waals surface area contributed by atoms with Crippen LogP contribution in [-0.2, 0) is 6.18 Å². The summed E-state index contributed by atoms with van der Waals surface area (Å²) < 4.78 is 62.7. The maximum atomic E-state index is 13.3. The highest BCUT2D eigenvalue weighted by molar-refractivity contribution is 7.10. The lowest BCUT2D eigenvalue weighted by Crippen LogP contribution is -2.03. The second-order valence-corrected chi connectivity index (χ2v) is 4.02. The second kappa shape index (κ2) is 4.06. The van der Waals surface area contributed by atoms with Crippen LogP contribution in [0, 0.1) is 11.6 Å². The Hall–Kier alpha value is -1.50. The first-order chi connectivity index (χ1) is 7.88. The molecule has 1 nitrogen and oxygen atoms in total. The first-order valence-electron chi connectivity index (χ1n) is 4.36. The van der Waals surface area contributed by atoms with Crippen molar-refractivity contribution >= 4 is 11.3 Å². The smallest absolute Gasteiger partial charge is 0.232 e. The Bertz CT molecular complexity index is 546. The highest BCUT2D eigenvalue weighted by atomic mass is 32.1. The Morgan fingerprint density at radius 1 is 1.12 bits per heavy atom. The normalized spacial score (nSPS) is 11.8. The molecule has 0 aliphatic carbocycles. The van der Waals surface area contributed by atoms with Crippen molar-refractivity contribution in [2.24, 2.45) is 0 Å². The first-order valence-corrected chi connectivity index (χ1v) is 5.24. The van der Waals surface area contributed by atoms with Crippen molar-refractivity contribution in [2.45, 2.75) is 6.18 Å². The maximum absolute atomic E-state index is 13.3. The summed E-state index contributed by atoms with van der Waals surface area (Å²) in [5.74, 6) is -1.73. The summed E-state index contributed by atoms with van der Waals surface area (Å²) in [5.41, 5.74) is -0.307. The molecule has 0 saturated carbocycles. The van der Waals surface area contributed by atoms with E-state index >= 15 is 0 Å². The molecule has 2 aromatic rings. The molecular formula is C10H4F5NS. The van der Waals surface area contributed by atoms with Gasteiger partial charge in [-0.2, -0.15) is 13.2 Å². The molecule has 0 bridgehead atoms. The van der Waals surface area contributed by atoms with Crippen LogP contribution in [0.15, 0.2) is 23.6 Å². The average molecular weight is 265 g/mol. The van der Waals surface area contributed by atoms with E-state index in [-0.39, 0.29) is 11.3 Å². The van der Waals surface area contributed by atoms with Crippen LogP contribution in [0.2, 0.25) is 0 Å². The number of benzene rings is 1. The molecule has 0 spiro atoms. The Morgan fingerprint density at radius 3 is 2.35 bits per heavy atom. The minimum atomic E-state index is -4.56. The van der Waals surface area contributed by atoms with Crippen molar-refractivity contribution in [3.05, 3.63) is 40.2 Å². The zero-order valence-electron chi connectivity index (χ0n) is 8.05. The molecule has 0 aliphatic rings. The predicted molar refractivity (Wildman–Crippen MR) is 52.5 cm³/mol. The van der Waals surface area contributed by atoms with E-state index in [1.165, 1.54) is 0 Å². The number of rotatable bonds is 1. The van der Waals surface area contributed by atoms with Gasteiger partial charge in [-0.15, -0.1) is 11.3 Å². The second-order valence-electron chi connectivity index (χ2n) is 3.16. The van der Waals surface area contributed by atoms with Crippen LogP contribution in [0.25, 0.3) is 11.3 Å². The zero-order valence-corrected chi connectivity index (χ0v) is 8.87. The van der Waals surface area contributed by atoms with E-state index < -0.39 is 22.8 Å². The fourth-order valence-corrected chi connectivity index (χ4v) is 1.91. The Morgan fingerprint density at radius 2 is 1.82 bits per heavy atom. The van der Waals surface area contributed by atoms with Crippen molar-refractivity contribution in [3.63, 3.8) is 0 Å². The van der Waals surface area contributed by atoms with Gasteiger partial charge in [0.15, 0.2) is 5.01 Å². The standard InChI is InChI=1S/C10H4F5NS/c11-5-1-2-6(7(12)3-5)8-4-17-9(16-8)10(13,14)15/h1-4H. The average Bonchev–Trinajstić information content (AvgIpc) is 2.65. The van der Waals surface area contributed by atoms with E-state index in [1.54, 1.807) is 0 Å². The van der Waals surface area contributed by atoms with Gasteiger partial charge < -0.3 is 0 Å². The summed E-state index contributed by atoms with van der Waals surface area (Å²) in [6.07, 6.45) is -4.56. The predicted octanol–water partition coefficient (Wildman–Crippen LogP) is 4.11. The molecule has 2 rings (SSSR count). The number of nitrogens with zero attached hydrogens (tertiary/aromatic N) is 1. The van der Waals surface area contributed by atoms with Gasteiger partial charge in [-0.25, -0.2) is 13.8 Å². The number of aromatic nitrogens is 1. The minimum absolute atomic E-state index is 0.153. The van der Waals surface area contributed by atoms with E-state index in [1.807, 2.05) is 0 Å². The molecule has 1 aromatic heterocycles. The molecule has 0 atom stereocenters. The van der Waals surface area contributed by atoms with Crippen LogP contribution in [0.5, 0.6) is 0 Å². The summed E-state index contributed by atoms with van der Waals surface area (Å²) in [7, 11) is 0. The third kappa shape index (κ3) is 2.44. The van der Waals surface area contributed by atoms with Crippen LogP contribution >= 0.6 is 11.3 Å². The number of alkyl halides is 3. The topological polar surface area (TPSA) is 12.9 Å². The maximum Gasteiger partial charge on any atom is 0.443 e. The van der Waals surface area contributed by atoms with Gasteiger partial charge in [-0.05, 0) is 12.1 Å². The van der Waals surface area contributed by atoms with Crippen LogP contribution in [0.3, 0.4) is 0 Å². The molecule has 0 aliphatic heterocycles. The molecule has 0 N–H and O–H groups in total. The molecule has 0 unspecified atom stereocenters. The van der Waals surface area contributed by atoms with Crippen LogP contribution < -0.4 is 0 Å². The Labute approximate surface area is 96.5 Å². The van der Waals surface area contributed by atoms with Gasteiger partial charge in [0, 0.05) is 17.0 Å². The van der Waals surface area contributed by atoms with Crippen LogP contribution in [0.1, 0.15) is 5.01 Å². The summed E-state index contributed by atoms with van der Waals surface area (Å²) in [6, 6.07) is 2.62. The van der Waals surface area contributed by atoms with Crippen molar-refractivity contribution in [3.8, 4) is 11.3 Å². The van der Waals surface area contributed by atoms with Crippen molar-refractivity contribution in [2.75, 3.05) is 0 Å². The molecule has 17 heavy (non-hydrogen) atoms. The molecule has 1 heterocycles. The van der Waals surface area contributed by atoms with Gasteiger partial charge >= 0.3 is 6.18 Å². The molecule has 0 radical (unpaired) electrons. The SMILES string of the molecule is Fc1ccc(-c2csc(C(F)(F)F)n2)c(F)c1. The summed E-state index contributed by atoms with van der Waals surface area (Å²) in [5, 5.41) is 0.0234. The highest BCUT2D eigenvalue weighted by Crippen LogP contribution is 2.34. The molecule has 0 amide bonds. The minimum Gasteiger partial charge on any atom is -0.232 e. The molecule has 7 heteroatoms. The number of thiazole rings is 1. The van der Waals surface area contributed by atoms with E-state index in [4.69, 9.17) is 0 Å². The highest BCUT2D eigenvalue weighted by Gasteiger charge is 2.34. The first kappa shape index (κ1) is 12.0. The monoisotopic (exact) mass is 265 g/mol. The Kier molecular flexibility index (Phi) is 2.86. The molecule has 90 valence electrons. The van der Waals surface area contributed by atoms with Gasteiger partial charge in [-0.3, -0.25) is 0 Å². The number of hydrogen-bond acceptors (Lipinski definition) is 2. The fraction of sp³-hybridized carbons (Fsp3) is 0.100. The lowest BCUT2D eigenvalue weighted by molar-refractivity contribution is -0.137. The number of hydrogen-bond donors (Lipinski definition) is 0. The lowest BCUT2D eigenvalue weighted by atomic mass is 10.1. The van der Waals surface area contributed by atoms with E-state index in [0.29, 0.717) is 17.4 Å². The van der Waals surface area contributed by atoms with Crippen molar-refractivity contribution < 1.29 is 22.0 Å². The van der Waals surface area contributed by atoms with Crippen LogP contribution in [0.4, 0.5) is 22.0 Å². The van der Waals surface area contributed by atoms with E-state index in [9.17, 15) is 22.0 Å². The zero-order chi connectivity index (χ0) is 12.6. The summed E-state index contributed by atoms with van der Waals surface area (Å²) in [4.78, 5) is 3.27. The van der Waals surface area contributed by atoms with Gasteiger partial charge in [0.05, 0.1) is 5.69 Å². The van der Waals surface area contributed by atoms with Gasteiger partial charge in [0.1, 0.15) is 11.6 Å². The third-order valence-electron chi connectivity index (χ3n) is 1.95. The molecule has 0 fully saturated rings. The van der Waals surface area contributed by atoms with Crippen molar-refractivity contribution in [1.29, 1.82) is 0 Å². The fourth-order valence-electron chi connectivity index (χ4n) is 1.22. The number of halogens is 5. The lowest BCUT2D eigenvalue weighted by Gasteiger charge is -2.01. The van der Waals surface area contributed by atoms with Crippen LogP contribution in [-0.4, -0.2) is 4.98 Å². The summed E-state index contributed by atoms with van der Waals surface area (Å²) >= 11 is 0.368. The van der Waals surface area contributed by atoms with E-state index in [0.717, 1.165) is 17.5 Å². The van der Waals surface area contributed by atoms with Gasteiger partial charge in [0.2, 0.25) is 0 Å². The Balaban J connectivity index is 2.44. The van der Waals surface area contributed by atoms with Crippen molar-refractivity contribution in [1.82, 2.24) is 4.98 Å². The van der Waals surface area contributed by atoms with Gasteiger partial charge in [-0.1, -0.05) is 0 Å². The largest absolute Gasteiger partial charge is 0.443 e. The summed E-state index contributed by atoms with van der Waals surface area (Å²) in [6.45, 7) is 0. The quantitative estimate of drug-likeness (QED) is 0.707.